The molecule has 0 radical (unpaired) electrons. The maximum atomic E-state index is 5.85. The molecule has 1 aromatic carbocycles. The molecule has 0 amide bonds. The molecule has 0 spiro atoms. The second kappa shape index (κ2) is 4.72. The van der Waals surface area contributed by atoms with E-state index in [1.165, 1.54) is 18.4 Å². The molecule has 4 rings (SSSR count). The smallest absolute Gasteiger partial charge is 0.134 e. The van der Waals surface area contributed by atoms with Gasteiger partial charge in [0.05, 0.1) is 12.3 Å². The number of hydrogen-bond acceptors (Lipinski definition) is 4. The van der Waals surface area contributed by atoms with Gasteiger partial charge in [0.2, 0.25) is 0 Å². The van der Waals surface area contributed by atoms with Crippen molar-refractivity contribution in [1.29, 1.82) is 0 Å². The Kier molecular flexibility index (Phi) is 2.84. The first-order valence-corrected chi connectivity index (χ1v) is 7.59. The number of nitrogens with one attached hydrogen (secondary N) is 1. The van der Waals surface area contributed by atoms with Gasteiger partial charge in [-0.1, -0.05) is 12.1 Å². The SMILES string of the molecule is CNc1nc(C2CC2)nc(-c2cccc3c2OCC3)c1C. The van der Waals surface area contributed by atoms with Crippen molar-refractivity contribution in [3.63, 3.8) is 0 Å². The largest absolute Gasteiger partial charge is 0.492 e. The van der Waals surface area contributed by atoms with E-state index in [0.29, 0.717) is 5.92 Å². The Hall–Kier alpha value is -2.10. The molecule has 0 saturated heterocycles. The monoisotopic (exact) mass is 281 g/mol. The lowest BCUT2D eigenvalue weighted by atomic mass is 10.0. The summed E-state index contributed by atoms with van der Waals surface area (Å²) < 4.78 is 5.85. The van der Waals surface area contributed by atoms with E-state index in [9.17, 15) is 0 Å². The summed E-state index contributed by atoms with van der Waals surface area (Å²) >= 11 is 0. The molecule has 1 saturated carbocycles. The molecular formula is C17H19N3O. The van der Waals surface area contributed by atoms with Crippen LogP contribution in [0.25, 0.3) is 11.3 Å². The number of benzene rings is 1. The second-order valence-electron chi connectivity index (χ2n) is 5.82. The summed E-state index contributed by atoms with van der Waals surface area (Å²) in [6, 6.07) is 6.35. The Bertz CT molecular complexity index is 707. The highest BCUT2D eigenvalue weighted by Gasteiger charge is 2.29. The zero-order chi connectivity index (χ0) is 14.4. The van der Waals surface area contributed by atoms with Gasteiger partial charge in [0.25, 0.3) is 0 Å². The van der Waals surface area contributed by atoms with Gasteiger partial charge in [-0.2, -0.15) is 0 Å². The number of anilines is 1. The van der Waals surface area contributed by atoms with Crippen molar-refractivity contribution in [2.45, 2.75) is 32.1 Å². The van der Waals surface area contributed by atoms with Gasteiger partial charge in [-0.3, -0.25) is 0 Å². The number of hydrogen-bond donors (Lipinski definition) is 1. The molecule has 1 fully saturated rings. The number of nitrogens with zero attached hydrogens (tertiary/aromatic N) is 2. The molecule has 1 aromatic heterocycles. The Balaban J connectivity index is 1.91. The Morgan fingerprint density at radius 2 is 2.10 bits per heavy atom. The molecule has 0 atom stereocenters. The maximum Gasteiger partial charge on any atom is 0.134 e. The lowest BCUT2D eigenvalue weighted by Gasteiger charge is -2.14. The van der Waals surface area contributed by atoms with E-state index in [1.54, 1.807) is 0 Å². The Morgan fingerprint density at radius 1 is 1.24 bits per heavy atom. The average molecular weight is 281 g/mol. The molecule has 4 nitrogen and oxygen atoms in total. The van der Waals surface area contributed by atoms with Gasteiger partial charge in [-0.05, 0) is 31.4 Å². The quantitative estimate of drug-likeness (QED) is 0.937. The summed E-state index contributed by atoms with van der Waals surface area (Å²) in [5, 5.41) is 3.20. The van der Waals surface area contributed by atoms with Crippen molar-refractivity contribution in [2.24, 2.45) is 0 Å². The van der Waals surface area contributed by atoms with Crippen LogP contribution in [0.5, 0.6) is 5.75 Å². The first-order valence-electron chi connectivity index (χ1n) is 7.59. The van der Waals surface area contributed by atoms with Crippen molar-refractivity contribution in [3.05, 3.63) is 35.2 Å². The van der Waals surface area contributed by atoms with Gasteiger partial charge >= 0.3 is 0 Å². The summed E-state index contributed by atoms with van der Waals surface area (Å²) in [5.74, 6) is 3.44. The molecule has 1 N–H and O–H groups in total. The van der Waals surface area contributed by atoms with Crippen molar-refractivity contribution < 1.29 is 4.74 Å². The molecule has 21 heavy (non-hydrogen) atoms. The maximum absolute atomic E-state index is 5.85. The highest BCUT2D eigenvalue weighted by Crippen LogP contribution is 2.42. The second-order valence-corrected chi connectivity index (χ2v) is 5.82. The van der Waals surface area contributed by atoms with E-state index in [-0.39, 0.29) is 0 Å². The molecular weight excluding hydrogens is 262 g/mol. The molecule has 1 aliphatic carbocycles. The van der Waals surface area contributed by atoms with Gasteiger partial charge in [-0.15, -0.1) is 0 Å². The van der Waals surface area contributed by atoms with E-state index in [2.05, 4.69) is 35.4 Å². The van der Waals surface area contributed by atoms with Crippen LogP contribution in [0.1, 0.15) is 35.7 Å². The molecule has 2 aliphatic rings. The van der Waals surface area contributed by atoms with Crippen LogP contribution in [0.4, 0.5) is 5.82 Å². The number of rotatable bonds is 3. The van der Waals surface area contributed by atoms with E-state index < -0.39 is 0 Å². The van der Waals surface area contributed by atoms with Gasteiger partial charge in [0.1, 0.15) is 17.4 Å². The van der Waals surface area contributed by atoms with Gasteiger partial charge in [0, 0.05) is 30.5 Å². The molecule has 0 bridgehead atoms. The molecule has 108 valence electrons. The van der Waals surface area contributed by atoms with Crippen LogP contribution in [0, 0.1) is 6.92 Å². The fraction of sp³-hybridized carbons (Fsp3) is 0.412. The van der Waals surface area contributed by atoms with Crippen LogP contribution >= 0.6 is 0 Å². The first-order chi connectivity index (χ1) is 10.3. The Labute approximate surface area is 124 Å². The molecule has 4 heteroatoms. The zero-order valence-corrected chi connectivity index (χ0v) is 12.4. The van der Waals surface area contributed by atoms with Gasteiger partial charge in [-0.25, -0.2) is 9.97 Å². The highest BCUT2D eigenvalue weighted by atomic mass is 16.5. The standard InChI is InChI=1S/C17H19N3O/c1-10-14(13-5-3-4-11-8-9-21-15(11)13)19-17(12-6-7-12)20-16(10)18-2/h3-5,12H,6-9H2,1-2H3,(H,18,19,20). The lowest BCUT2D eigenvalue weighted by molar-refractivity contribution is 0.358. The number of ether oxygens (including phenoxy) is 1. The third kappa shape index (κ3) is 2.06. The minimum absolute atomic E-state index is 0.536. The topological polar surface area (TPSA) is 47.0 Å². The van der Waals surface area contributed by atoms with E-state index in [4.69, 9.17) is 9.72 Å². The zero-order valence-electron chi connectivity index (χ0n) is 12.4. The predicted molar refractivity (Wildman–Crippen MR) is 82.9 cm³/mol. The molecule has 2 heterocycles. The minimum atomic E-state index is 0.536. The van der Waals surface area contributed by atoms with Gasteiger partial charge < -0.3 is 10.1 Å². The van der Waals surface area contributed by atoms with Crippen molar-refractivity contribution in [1.82, 2.24) is 9.97 Å². The van der Waals surface area contributed by atoms with Crippen molar-refractivity contribution in [2.75, 3.05) is 19.0 Å². The Morgan fingerprint density at radius 3 is 2.86 bits per heavy atom. The predicted octanol–water partition coefficient (Wildman–Crippen LogP) is 3.31. The molecule has 1 aliphatic heterocycles. The van der Waals surface area contributed by atoms with Gasteiger partial charge in [0.15, 0.2) is 0 Å². The fourth-order valence-corrected chi connectivity index (χ4v) is 2.97. The number of para-hydroxylation sites is 1. The van der Waals surface area contributed by atoms with Crippen LogP contribution in [0.3, 0.4) is 0 Å². The third-order valence-corrected chi connectivity index (χ3v) is 4.31. The van der Waals surface area contributed by atoms with E-state index in [0.717, 1.165) is 47.2 Å². The summed E-state index contributed by atoms with van der Waals surface area (Å²) in [7, 11) is 1.92. The van der Waals surface area contributed by atoms with E-state index >= 15 is 0 Å². The number of aromatic nitrogens is 2. The van der Waals surface area contributed by atoms with Crippen molar-refractivity contribution >= 4 is 5.82 Å². The summed E-state index contributed by atoms with van der Waals surface area (Å²) in [5.41, 5.74) is 4.48. The highest BCUT2D eigenvalue weighted by molar-refractivity contribution is 5.75. The minimum Gasteiger partial charge on any atom is -0.492 e. The average Bonchev–Trinajstić information content (AvgIpc) is 3.24. The fourth-order valence-electron chi connectivity index (χ4n) is 2.97. The normalized spacial score (nSPS) is 16.5. The van der Waals surface area contributed by atoms with E-state index in [1.807, 2.05) is 7.05 Å². The lowest BCUT2D eigenvalue weighted by Crippen LogP contribution is -2.05. The number of fused-ring (bicyclic) bond motifs is 1. The summed E-state index contributed by atoms with van der Waals surface area (Å²) in [6.07, 6.45) is 3.39. The van der Waals surface area contributed by atoms with Crippen LogP contribution in [-0.2, 0) is 6.42 Å². The first kappa shape index (κ1) is 12.6. The van der Waals surface area contributed by atoms with Crippen LogP contribution < -0.4 is 10.1 Å². The van der Waals surface area contributed by atoms with Crippen molar-refractivity contribution in [3.8, 4) is 17.0 Å². The third-order valence-electron chi connectivity index (χ3n) is 4.31. The van der Waals surface area contributed by atoms with Crippen LogP contribution in [0.15, 0.2) is 18.2 Å². The molecule has 2 aromatic rings. The molecule has 0 unspecified atom stereocenters. The summed E-state index contributed by atoms with van der Waals surface area (Å²) in [6.45, 7) is 2.84. The summed E-state index contributed by atoms with van der Waals surface area (Å²) in [4.78, 5) is 9.53. The van der Waals surface area contributed by atoms with Crippen LogP contribution in [-0.4, -0.2) is 23.6 Å². The van der Waals surface area contributed by atoms with Crippen LogP contribution in [0.2, 0.25) is 0 Å².